The molecule has 1 unspecified atom stereocenters. The molecule has 8 heteroatoms. The van der Waals surface area contributed by atoms with Crippen molar-refractivity contribution < 1.29 is 9.59 Å². The molecule has 2 amide bonds. The molecule has 1 aromatic carbocycles. The number of fused-ring (bicyclic) bond motifs is 2. The van der Waals surface area contributed by atoms with Crippen molar-refractivity contribution in [2.45, 2.75) is 16.0 Å². The number of rotatable bonds is 4. The van der Waals surface area contributed by atoms with Crippen LogP contribution in [0, 0.1) is 0 Å². The Kier molecular flexibility index (Phi) is 4.26. The third-order valence-electron chi connectivity index (χ3n) is 4.73. The van der Waals surface area contributed by atoms with Gasteiger partial charge in [-0.2, -0.15) is 0 Å². The SMILES string of the molecule is NC(=O)c1cc2c(s1)SC(c1c[nH]c3ccccc13)C(=O)N2Cc1cccs1. The highest BCUT2D eigenvalue weighted by Gasteiger charge is 2.38. The second-order valence-electron chi connectivity index (χ2n) is 6.44. The molecular formula is C20H15N3O2S3. The monoisotopic (exact) mass is 425 g/mol. The fourth-order valence-corrected chi connectivity index (χ4v) is 6.65. The summed E-state index contributed by atoms with van der Waals surface area (Å²) in [5.74, 6) is -0.448. The number of benzene rings is 1. The number of thiophene rings is 2. The molecule has 0 spiro atoms. The van der Waals surface area contributed by atoms with Gasteiger partial charge in [0, 0.05) is 27.5 Å². The predicted molar refractivity (Wildman–Crippen MR) is 115 cm³/mol. The minimum absolute atomic E-state index is 0.0180. The van der Waals surface area contributed by atoms with Gasteiger partial charge in [-0.3, -0.25) is 9.59 Å². The molecule has 1 atom stereocenters. The van der Waals surface area contributed by atoms with E-state index >= 15 is 0 Å². The van der Waals surface area contributed by atoms with Crippen LogP contribution in [0.2, 0.25) is 0 Å². The molecule has 5 rings (SSSR count). The van der Waals surface area contributed by atoms with Gasteiger partial charge in [-0.25, -0.2) is 0 Å². The number of anilines is 1. The summed E-state index contributed by atoms with van der Waals surface area (Å²) < 4.78 is 0.945. The van der Waals surface area contributed by atoms with Crippen molar-refractivity contribution in [2.75, 3.05) is 4.90 Å². The van der Waals surface area contributed by atoms with Crippen LogP contribution in [0.4, 0.5) is 5.69 Å². The van der Waals surface area contributed by atoms with Crippen molar-refractivity contribution in [1.29, 1.82) is 0 Å². The van der Waals surface area contributed by atoms with Gasteiger partial charge in [0.15, 0.2) is 0 Å². The van der Waals surface area contributed by atoms with Gasteiger partial charge in [0.2, 0.25) is 5.91 Å². The lowest BCUT2D eigenvalue weighted by molar-refractivity contribution is -0.118. The quantitative estimate of drug-likeness (QED) is 0.494. The molecule has 1 aliphatic rings. The number of aromatic nitrogens is 1. The Morgan fingerprint density at radius 3 is 2.86 bits per heavy atom. The van der Waals surface area contributed by atoms with Crippen LogP contribution in [-0.2, 0) is 11.3 Å². The first kappa shape index (κ1) is 17.5. The van der Waals surface area contributed by atoms with Crippen molar-refractivity contribution in [3.05, 3.63) is 69.4 Å². The van der Waals surface area contributed by atoms with Gasteiger partial charge in [-0.15, -0.1) is 22.7 Å². The maximum absolute atomic E-state index is 13.5. The lowest BCUT2D eigenvalue weighted by atomic mass is 10.1. The fourth-order valence-electron chi connectivity index (χ4n) is 3.41. The first-order chi connectivity index (χ1) is 13.6. The summed E-state index contributed by atoms with van der Waals surface area (Å²) in [5.41, 5.74) is 8.24. The van der Waals surface area contributed by atoms with Gasteiger partial charge in [0.25, 0.3) is 5.91 Å². The van der Waals surface area contributed by atoms with E-state index in [1.807, 2.05) is 48.0 Å². The minimum atomic E-state index is -0.466. The number of hydrogen-bond donors (Lipinski definition) is 2. The van der Waals surface area contributed by atoms with Gasteiger partial charge in [0.1, 0.15) is 5.25 Å². The number of H-pyrrole nitrogens is 1. The molecule has 140 valence electrons. The molecule has 0 fully saturated rings. The Morgan fingerprint density at radius 1 is 1.21 bits per heavy atom. The molecule has 3 N–H and O–H groups in total. The Balaban J connectivity index is 1.62. The summed E-state index contributed by atoms with van der Waals surface area (Å²) in [6.07, 6.45) is 1.91. The highest BCUT2D eigenvalue weighted by molar-refractivity contribution is 8.02. The van der Waals surface area contributed by atoms with E-state index in [9.17, 15) is 9.59 Å². The number of carbonyl (C=O) groups excluding carboxylic acids is 2. The summed E-state index contributed by atoms with van der Waals surface area (Å²) in [4.78, 5) is 31.9. The smallest absolute Gasteiger partial charge is 0.258 e. The van der Waals surface area contributed by atoms with E-state index in [1.165, 1.54) is 23.1 Å². The maximum Gasteiger partial charge on any atom is 0.258 e. The van der Waals surface area contributed by atoms with E-state index in [-0.39, 0.29) is 11.2 Å². The lowest BCUT2D eigenvalue weighted by Gasteiger charge is -2.31. The van der Waals surface area contributed by atoms with Crippen LogP contribution in [-0.4, -0.2) is 16.8 Å². The average Bonchev–Trinajstić information content (AvgIpc) is 3.42. The number of carbonyl (C=O) groups is 2. The largest absolute Gasteiger partial charge is 0.365 e. The van der Waals surface area contributed by atoms with E-state index < -0.39 is 5.91 Å². The van der Waals surface area contributed by atoms with Crippen LogP contribution in [0.25, 0.3) is 10.9 Å². The number of thioether (sulfide) groups is 1. The van der Waals surface area contributed by atoms with Crippen molar-refractivity contribution in [3.8, 4) is 0 Å². The molecule has 4 heterocycles. The van der Waals surface area contributed by atoms with Crippen molar-refractivity contribution in [3.63, 3.8) is 0 Å². The zero-order valence-electron chi connectivity index (χ0n) is 14.5. The predicted octanol–water partition coefficient (Wildman–Crippen LogP) is 4.77. The van der Waals surface area contributed by atoms with Gasteiger partial charge < -0.3 is 15.6 Å². The van der Waals surface area contributed by atoms with Crippen LogP contribution in [0.5, 0.6) is 0 Å². The molecule has 0 saturated carbocycles. The number of primary amides is 1. The van der Waals surface area contributed by atoms with Gasteiger partial charge >= 0.3 is 0 Å². The molecular weight excluding hydrogens is 410 g/mol. The molecule has 1 aliphatic heterocycles. The van der Waals surface area contributed by atoms with Crippen molar-refractivity contribution >= 4 is 62.8 Å². The standard InChI is InChI=1S/C20H15N3O2S3/c21-18(24)16-8-15-20(27-16)28-17(13-9-22-14-6-2-1-5-12(13)14)19(25)23(15)10-11-4-3-7-26-11/h1-9,17,22H,10H2,(H2,21,24). The molecule has 0 saturated heterocycles. The highest BCUT2D eigenvalue weighted by atomic mass is 32.2. The summed E-state index contributed by atoms with van der Waals surface area (Å²) in [6, 6.07) is 13.7. The molecule has 4 aromatic rings. The van der Waals surface area contributed by atoms with Crippen LogP contribution in [0.1, 0.15) is 25.4 Å². The molecule has 5 nitrogen and oxygen atoms in total. The Hall–Kier alpha value is -2.55. The van der Waals surface area contributed by atoms with Crippen molar-refractivity contribution in [2.24, 2.45) is 5.73 Å². The molecule has 0 radical (unpaired) electrons. The number of hydrogen-bond acceptors (Lipinski definition) is 5. The number of aromatic amines is 1. The molecule has 0 aliphatic carbocycles. The number of para-hydroxylation sites is 1. The molecule has 28 heavy (non-hydrogen) atoms. The first-order valence-corrected chi connectivity index (χ1v) is 11.2. The molecule has 0 bridgehead atoms. The summed E-state index contributed by atoms with van der Waals surface area (Å²) in [6.45, 7) is 0.484. The summed E-state index contributed by atoms with van der Waals surface area (Å²) in [7, 11) is 0. The third kappa shape index (κ3) is 2.85. The number of amides is 2. The van der Waals surface area contributed by atoms with E-state index in [0.29, 0.717) is 11.4 Å². The zero-order chi connectivity index (χ0) is 19.3. The Bertz CT molecular complexity index is 1190. The third-order valence-corrected chi connectivity index (χ3v) is 8.17. The van der Waals surface area contributed by atoms with E-state index in [1.54, 1.807) is 22.3 Å². The van der Waals surface area contributed by atoms with E-state index in [2.05, 4.69) is 4.98 Å². The second-order valence-corrected chi connectivity index (χ2v) is 9.90. The number of nitrogens with zero attached hydrogens (tertiary/aromatic N) is 1. The van der Waals surface area contributed by atoms with Crippen LogP contribution >= 0.6 is 34.4 Å². The minimum Gasteiger partial charge on any atom is -0.365 e. The molecule has 3 aromatic heterocycles. The Morgan fingerprint density at radius 2 is 2.07 bits per heavy atom. The average molecular weight is 426 g/mol. The van der Waals surface area contributed by atoms with E-state index in [4.69, 9.17) is 5.73 Å². The van der Waals surface area contributed by atoms with E-state index in [0.717, 1.165) is 31.2 Å². The van der Waals surface area contributed by atoms with Gasteiger partial charge in [0.05, 0.1) is 21.3 Å². The first-order valence-electron chi connectivity index (χ1n) is 8.62. The number of nitrogens with two attached hydrogens (primary N) is 1. The summed E-state index contributed by atoms with van der Waals surface area (Å²) >= 11 is 4.46. The number of nitrogens with one attached hydrogen (secondary N) is 1. The maximum atomic E-state index is 13.5. The zero-order valence-corrected chi connectivity index (χ0v) is 17.0. The topological polar surface area (TPSA) is 79.2 Å². The lowest BCUT2D eigenvalue weighted by Crippen LogP contribution is -2.36. The van der Waals surface area contributed by atoms with Crippen LogP contribution in [0.3, 0.4) is 0 Å². The van der Waals surface area contributed by atoms with Crippen molar-refractivity contribution in [1.82, 2.24) is 4.98 Å². The Labute approximate surface area is 173 Å². The fraction of sp³-hybridized carbons (Fsp3) is 0.100. The van der Waals surface area contributed by atoms with Gasteiger partial charge in [-0.1, -0.05) is 36.0 Å². The second kappa shape index (κ2) is 6.80. The highest BCUT2D eigenvalue weighted by Crippen LogP contribution is 2.52. The van der Waals surface area contributed by atoms with Crippen LogP contribution < -0.4 is 10.6 Å². The van der Waals surface area contributed by atoms with Gasteiger partial charge in [-0.05, 0) is 23.6 Å². The normalized spacial score (nSPS) is 16.5. The summed E-state index contributed by atoms with van der Waals surface area (Å²) in [5, 5.41) is 2.67. The van der Waals surface area contributed by atoms with Crippen LogP contribution in [0.15, 0.2) is 58.3 Å².